The maximum Gasteiger partial charge on any atom is 0.0189 e. The van der Waals surface area contributed by atoms with Crippen molar-refractivity contribution in [1.82, 2.24) is 4.57 Å². The van der Waals surface area contributed by atoms with Gasteiger partial charge in [0.1, 0.15) is 0 Å². The van der Waals surface area contributed by atoms with E-state index in [4.69, 9.17) is 0 Å². The van der Waals surface area contributed by atoms with Gasteiger partial charge in [-0.05, 0) is 45.9 Å². The van der Waals surface area contributed by atoms with E-state index in [1.54, 1.807) is 0 Å². The molecule has 0 aliphatic heterocycles. The molecule has 1 rings (SSSR count). The number of nitrogens with zero attached hydrogens (tertiary/aromatic N) is 1. The lowest BCUT2D eigenvalue weighted by molar-refractivity contribution is 1.10. The fourth-order valence-electron chi connectivity index (χ4n) is 1.41. The van der Waals surface area contributed by atoms with Crippen molar-refractivity contribution >= 4 is 5.70 Å². The SMILES string of the molecule is CC(C)=C/C(C)=C\C=C(/C)n1cccc1. The minimum absolute atomic E-state index is 1.22. The number of hydrogen-bond donors (Lipinski definition) is 0. The van der Waals surface area contributed by atoms with Gasteiger partial charge in [-0.3, -0.25) is 0 Å². The van der Waals surface area contributed by atoms with Crippen LogP contribution >= 0.6 is 0 Å². The Morgan fingerprint density at radius 3 is 2.07 bits per heavy atom. The van der Waals surface area contributed by atoms with E-state index < -0.39 is 0 Å². The maximum atomic E-state index is 2.18. The molecule has 15 heavy (non-hydrogen) atoms. The fourth-order valence-corrected chi connectivity index (χ4v) is 1.41. The van der Waals surface area contributed by atoms with Crippen LogP contribution in [-0.2, 0) is 0 Å². The Bertz CT molecular complexity index is 385. The van der Waals surface area contributed by atoms with E-state index in [1.165, 1.54) is 16.8 Å². The van der Waals surface area contributed by atoms with E-state index in [2.05, 4.69) is 62.9 Å². The monoisotopic (exact) mass is 201 g/mol. The summed E-state index contributed by atoms with van der Waals surface area (Å²) in [6.07, 6.45) is 10.6. The Balaban J connectivity index is 2.77. The van der Waals surface area contributed by atoms with E-state index >= 15 is 0 Å². The summed E-state index contributed by atoms with van der Waals surface area (Å²) in [5, 5.41) is 0. The third-order valence-corrected chi connectivity index (χ3v) is 2.12. The van der Waals surface area contributed by atoms with Crippen LogP contribution in [0.4, 0.5) is 0 Å². The largest absolute Gasteiger partial charge is 0.328 e. The van der Waals surface area contributed by atoms with Crippen LogP contribution in [0, 0.1) is 0 Å². The molecule has 1 aromatic heterocycles. The van der Waals surface area contributed by atoms with Gasteiger partial charge in [0.25, 0.3) is 0 Å². The normalized spacial score (nSPS) is 12.8. The highest BCUT2D eigenvalue weighted by molar-refractivity contribution is 5.46. The summed E-state index contributed by atoms with van der Waals surface area (Å²) in [6.45, 7) is 8.44. The van der Waals surface area contributed by atoms with Gasteiger partial charge in [0.2, 0.25) is 0 Å². The van der Waals surface area contributed by atoms with Crippen molar-refractivity contribution < 1.29 is 0 Å². The average molecular weight is 201 g/mol. The minimum atomic E-state index is 1.22. The number of hydrogen-bond acceptors (Lipinski definition) is 0. The van der Waals surface area contributed by atoms with Crippen LogP contribution in [0.3, 0.4) is 0 Å². The summed E-state index contributed by atoms with van der Waals surface area (Å²) < 4.78 is 2.10. The summed E-state index contributed by atoms with van der Waals surface area (Å²) in [6, 6.07) is 4.06. The zero-order valence-electron chi connectivity index (χ0n) is 9.99. The van der Waals surface area contributed by atoms with Gasteiger partial charge in [-0.2, -0.15) is 0 Å². The first-order valence-electron chi connectivity index (χ1n) is 5.23. The van der Waals surface area contributed by atoms with Crippen molar-refractivity contribution in [2.45, 2.75) is 27.7 Å². The summed E-state index contributed by atoms with van der Waals surface area (Å²) in [4.78, 5) is 0. The van der Waals surface area contributed by atoms with E-state index in [0.29, 0.717) is 0 Å². The first kappa shape index (κ1) is 11.6. The third-order valence-electron chi connectivity index (χ3n) is 2.12. The fraction of sp³-hybridized carbons (Fsp3) is 0.286. The second-order valence-electron chi connectivity index (χ2n) is 4.03. The van der Waals surface area contributed by atoms with Crippen molar-refractivity contribution in [2.75, 3.05) is 0 Å². The van der Waals surface area contributed by atoms with Crippen molar-refractivity contribution in [3.63, 3.8) is 0 Å². The molecule has 0 saturated heterocycles. The van der Waals surface area contributed by atoms with Crippen molar-refractivity contribution in [2.24, 2.45) is 0 Å². The lowest BCUT2D eigenvalue weighted by Gasteiger charge is -2.00. The molecule has 0 atom stereocenters. The predicted molar refractivity (Wildman–Crippen MR) is 67.6 cm³/mol. The van der Waals surface area contributed by atoms with Gasteiger partial charge in [0.15, 0.2) is 0 Å². The quantitative estimate of drug-likeness (QED) is 0.644. The van der Waals surface area contributed by atoms with Gasteiger partial charge in [0, 0.05) is 18.1 Å². The standard InChI is InChI=1S/C14H19N/c1-12(2)11-13(3)7-8-14(4)15-9-5-6-10-15/h5-11H,1-4H3/b13-7-,14-8+. The molecule has 0 saturated carbocycles. The molecule has 0 N–H and O–H groups in total. The Kier molecular flexibility index (Phi) is 4.17. The van der Waals surface area contributed by atoms with Crippen LogP contribution in [0.15, 0.2) is 53.9 Å². The molecule has 1 heterocycles. The first-order chi connectivity index (χ1) is 7.09. The van der Waals surface area contributed by atoms with E-state index in [1.807, 2.05) is 12.1 Å². The molecule has 0 unspecified atom stereocenters. The average Bonchev–Trinajstić information content (AvgIpc) is 2.65. The van der Waals surface area contributed by atoms with Gasteiger partial charge in [-0.15, -0.1) is 0 Å². The smallest absolute Gasteiger partial charge is 0.0189 e. The van der Waals surface area contributed by atoms with Gasteiger partial charge < -0.3 is 4.57 Å². The number of rotatable bonds is 3. The summed E-state index contributed by atoms with van der Waals surface area (Å²) in [5.74, 6) is 0. The molecule has 1 nitrogen and oxygen atoms in total. The highest BCUT2D eigenvalue weighted by atomic mass is 14.9. The molecule has 0 aliphatic rings. The van der Waals surface area contributed by atoms with Crippen LogP contribution in [0.25, 0.3) is 5.70 Å². The summed E-state index contributed by atoms with van der Waals surface area (Å²) in [5.41, 5.74) is 3.83. The Morgan fingerprint density at radius 1 is 0.933 bits per heavy atom. The van der Waals surface area contributed by atoms with Gasteiger partial charge in [-0.1, -0.05) is 23.3 Å². The molecule has 0 fully saturated rings. The Morgan fingerprint density at radius 2 is 1.53 bits per heavy atom. The molecule has 80 valence electrons. The molecule has 0 aromatic carbocycles. The van der Waals surface area contributed by atoms with Gasteiger partial charge in [0.05, 0.1) is 0 Å². The molecule has 0 aliphatic carbocycles. The molecule has 1 aromatic rings. The van der Waals surface area contributed by atoms with Gasteiger partial charge in [-0.25, -0.2) is 0 Å². The molecular formula is C14H19N. The molecular weight excluding hydrogens is 182 g/mol. The topological polar surface area (TPSA) is 4.93 Å². The molecule has 0 spiro atoms. The van der Waals surface area contributed by atoms with Crippen molar-refractivity contribution in [3.8, 4) is 0 Å². The van der Waals surface area contributed by atoms with Crippen LogP contribution in [0.1, 0.15) is 27.7 Å². The highest BCUT2D eigenvalue weighted by Crippen LogP contribution is 2.06. The Labute approximate surface area is 92.4 Å². The van der Waals surface area contributed by atoms with Crippen molar-refractivity contribution in [3.05, 3.63) is 53.9 Å². The maximum absolute atomic E-state index is 2.18. The summed E-state index contributed by atoms with van der Waals surface area (Å²) >= 11 is 0. The van der Waals surface area contributed by atoms with Crippen LogP contribution in [0.5, 0.6) is 0 Å². The molecule has 0 bridgehead atoms. The third kappa shape index (κ3) is 4.03. The van der Waals surface area contributed by atoms with Crippen LogP contribution in [0.2, 0.25) is 0 Å². The Hall–Kier alpha value is -1.50. The van der Waals surface area contributed by atoms with E-state index in [-0.39, 0.29) is 0 Å². The van der Waals surface area contributed by atoms with E-state index in [0.717, 1.165) is 0 Å². The zero-order valence-corrected chi connectivity index (χ0v) is 9.99. The second-order valence-corrected chi connectivity index (χ2v) is 4.03. The van der Waals surface area contributed by atoms with Gasteiger partial charge >= 0.3 is 0 Å². The number of allylic oxidation sites excluding steroid dienone is 6. The zero-order chi connectivity index (χ0) is 11.3. The predicted octanol–water partition coefficient (Wildman–Crippen LogP) is 4.26. The summed E-state index contributed by atoms with van der Waals surface area (Å²) in [7, 11) is 0. The number of aromatic nitrogens is 1. The second kappa shape index (κ2) is 5.40. The highest BCUT2D eigenvalue weighted by Gasteiger charge is 1.89. The lowest BCUT2D eigenvalue weighted by Crippen LogP contribution is -1.86. The lowest BCUT2D eigenvalue weighted by atomic mass is 10.2. The minimum Gasteiger partial charge on any atom is -0.328 e. The van der Waals surface area contributed by atoms with Crippen molar-refractivity contribution in [1.29, 1.82) is 0 Å². The molecule has 0 amide bonds. The van der Waals surface area contributed by atoms with Crippen LogP contribution < -0.4 is 0 Å². The first-order valence-corrected chi connectivity index (χ1v) is 5.23. The molecule has 0 radical (unpaired) electrons. The van der Waals surface area contributed by atoms with Crippen LogP contribution in [-0.4, -0.2) is 4.57 Å². The molecule has 1 heteroatoms. The van der Waals surface area contributed by atoms with E-state index in [9.17, 15) is 0 Å².